The van der Waals surface area contributed by atoms with Crippen LogP contribution >= 0.6 is 0 Å². The zero-order valence-corrected chi connectivity index (χ0v) is 17.0. The molecule has 5 nitrogen and oxygen atoms in total. The molecule has 0 saturated carbocycles. The van der Waals surface area contributed by atoms with Crippen LogP contribution in [-0.4, -0.2) is 29.1 Å². The number of carbonyl (C=O) groups excluding carboxylic acids is 1. The van der Waals surface area contributed by atoms with Crippen molar-refractivity contribution in [1.29, 1.82) is 0 Å². The number of carbonyl (C=O) groups is 1. The Bertz CT molecular complexity index is 975. The van der Waals surface area contributed by atoms with Crippen molar-refractivity contribution in [2.75, 3.05) is 7.11 Å². The number of amides is 1. The van der Waals surface area contributed by atoms with Crippen LogP contribution in [0.15, 0.2) is 53.1 Å². The van der Waals surface area contributed by atoms with E-state index in [0.29, 0.717) is 23.6 Å². The van der Waals surface area contributed by atoms with Crippen molar-refractivity contribution in [2.24, 2.45) is 0 Å². The average molecular weight is 378 g/mol. The summed E-state index contributed by atoms with van der Waals surface area (Å²) in [7, 11) is 1.59. The van der Waals surface area contributed by atoms with Gasteiger partial charge in [0.2, 0.25) is 0 Å². The summed E-state index contributed by atoms with van der Waals surface area (Å²) in [5, 5.41) is 4.18. The highest BCUT2D eigenvalue weighted by Gasteiger charge is 2.21. The Morgan fingerprint density at radius 3 is 2.57 bits per heavy atom. The van der Waals surface area contributed by atoms with E-state index in [0.717, 1.165) is 11.3 Å². The van der Waals surface area contributed by atoms with Crippen LogP contribution in [0, 0.1) is 13.8 Å². The summed E-state index contributed by atoms with van der Waals surface area (Å²) in [6, 6.07) is 15.3. The van der Waals surface area contributed by atoms with Gasteiger partial charge in [-0.3, -0.25) is 4.79 Å². The number of aryl methyl sites for hydroxylation is 2. The lowest BCUT2D eigenvalue weighted by atomic mass is 10.0. The highest BCUT2D eigenvalue weighted by molar-refractivity contribution is 5.94. The molecule has 28 heavy (non-hydrogen) atoms. The van der Waals surface area contributed by atoms with Crippen molar-refractivity contribution in [3.05, 3.63) is 70.9 Å². The minimum atomic E-state index is -0.0652. The molecule has 0 unspecified atom stereocenters. The van der Waals surface area contributed by atoms with E-state index in [-0.39, 0.29) is 11.9 Å². The molecule has 0 spiro atoms. The van der Waals surface area contributed by atoms with Gasteiger partial charge in [-0.05, 0) is 63.1 Å². The number of nitrogens with zero attached hydrogens (tertiary/aromatic N) is 2. The van der Waals surface area contributed by atoms with E-state index in [2.05, 4.69) is 31.1 Å². The monoisotopic (exact) mass is 378 g/mol. The van der Waals surface area contributed by atoms with Crippen LogP contribution < -0.4 is 4.74 Å². The average Bonchev–Trinajstić information content (AvgIpc) is 3.16. The van der Waals surface area contributed by atoms with Crippen LogP contribution in [0.2, 0.25) is 0 Å². The van der Waals surface area contributed by atoms with E-state index in [9.17, 15) is 4.79 Å². The summed E-state index contributed by atoms with van der Waals surface area (Å²) in [6.07, 6.45) is 0. The third-order valence-corrected chi connectivity index (χ3v) is 4.88. The van der Waals surface area contributed by atoms with Crippen LogP contribution in [0.1, 0.15) is 41.0 Å². The molecule has 1 amide bonds. The second-order valence-electron chi connectivity index (χ2n) is 7.24. The van der Waals surface area contributed by atoms with Crippen molar-refractivity contribution in [1.82, 2.24) is 10.1 Å². The Hall–Kier alpha value is -3.08. The first-order valence-corrected chi connectivity index (χ1v) is 9.37. The van der Waals surface area contributed by atoms with Crippen molar-refractivity contribution >= 4 is 5.91 Å². The molecular weight excluding hydrogens is 352 g/mol. The van der Waals surface area contributed by atoms with Crippen molar-refractivity contribution < 1.29 is 14.1 Å². The molecule has 0 bridgehead atoms. The first-order valence-electron chi connectivity index (χ1n) is 9.37. The molecule has 5 heteroatoms. The van der Waals surface area contributed by atoms with Crippen LogP contribution in [-0.2, 0) is 6.54 Å². The first-order chi connectivity index (χ1) is 13.4. The smallest absolute Gasteiger partial charge is 0.254 e. The van der Waals surface area contributed by atoms with Crippen LogP contribution in [0.5, 0.6) is 5.75 Å². The fraction of sp³-hybridized carbons (Fsp3) is 0.304. The van der Waals surface area contributed by atoms with Crippen molar-refractivity contribution in [3.63, 3.8) is 0 Å². The standard InChI is InChI=1S/C23H26N2O3/c1-15(2)25(23(26)19-7-6-8-21(12-19)27-5)14-20-13-22(28-24-20)18-10-9-16(3)17(4)11-18/h6-13,15H,14H2,1-5H3. The summed E-state index contributed by atoms with van der Waals surface area (Å²) in [5.74, 6) is 1.30. The van der Waals surface area contributed by atoms with Crippen LogP contribution in [0.3, 0.4) is 0 Å². The third-order valence-electron chi connectivity index (χ3n) is 4.88. The van der Waals surface area contributed by atoms with E-state index in [1.807, 2.05) is 38.1 Å². The molecule has 3 aromatic rings. The molecule has 3 rings (SSSR count). The molecule has 0 fully saturated rings. The highest BCUT2D eigenvalue weighted by atomic mass is 16.5. The molecule has 146 valence electrons. The SMILES string of the molecule is COc1cccc(C(=O)N(Cc2cc(-c3ccc(C)c(C)c3)on2)C(C)C)c1. The van der Waals surface area contributed by atoms with E-state index >= 15 is 0 Å². The normalized spacial score (nSPS) is 10.9. The Morgan fingerprint density at radius 1 is 1.11 bits per heavy atom. The summed E-state index contributed by atoms with van der Waals surface area (Å²) in [5.41, 5.74) is 4.73. The maximum Gasteiger partial charge on any atom is 0.254 e. The summed E-state index contributed by atoms with van der Waals surface area (Å²) >= 11 is 0. The Balaban J connectivity index is 1.82. The lowest BCUT2D eigenvalue weighted by Crippen LogP contribution is -2.36. The Labute approximate surface area is 165 Å². The molecule has 0 atom stereocenters. The molecular formula is C23H26N2O3. The van der Waals surface area contributed by atoms with Gasteiger partial charge in [-0.15, -0.1) is 0 Å². The fourth-order valence-electron chi connectivity index (χ4n) is 3.00. The Morgan fingerprint density at radius 2 is 1.89 bits per heavy atom. The lowest BCUT2D eigenvalue weighted by Gasteiger charge is -2.26. The number of hydrogen-bond acceptors (Lipinski definition) is 4. The lowest BCUT2D eigenvalue weighted by molar-refractivity contribution is 0.0685. The van der Waals surface area contributed by atoms with Gasteiger partial charge in [0.25, 0.3) is 5.91 Å². The molecule has 1 aromatic heterocycles. The van der Waals surface area contributed by atoms with Gasteiger partial charge in [-0.2, -0.15) is 0 Å². The molecule has 0 radical (unpaired) electrons. The van der Waals surface area contributed by atoms with E-state index < -0.39 is 0 Å². The number of aromatic nitrogens is 1. The topological polar surface area (TPSA) is 55.6 Å². The van der Waals surface area contributed by atoms with Crippen molar-refractivity contribution in [3.8, 4) is 17.1 Å². The highest BCUT2D eigenvalue weighted by Crippen LogP contribution is 2.24. The molecule has 2 aromatic carbocycles. The van der Waals surface area contributed by atoms with E-state index in [4.69, 9.17) is 9.26 Å². The largest absolute Gasteiger partial charge is 0.497 e. The van der Waals surface area contributed by atoms with Gasteiger partial charge >= 0.3 is 0 Å². The molecule has 1 heterocycles. The van der Waals surface area contributed by atoms with Gasteiger partial charge in [0.1, 0.15) is 11.4 Å². The number of ether oxygens (including phenoxy) is 1. The third kappa shape index (κ3) is 4.25. The quantitative estimate of drug-likeness (QED) is 0.604. The maximum absolute atomic E-state index is 13.0. The van der Waals surface area contributed by atoms with Gasteiger partial charge in [0.05, 0.1) is 13.7 Å². The minimum absolute atomic E-state index is 0.0143. The maximum atomic E-state index is 13.0. The number of hydrogen-bond donors (Lipinski definition) is 0. The zero-order valence-electron chi connectivity index (χ0n) is 17.0. The van der Waals surface area contributed by atoms with E-state index in [1.54, 1.807) is 24.1 Å². The first kappa shape index (κ1) is 19.7. The van der Waals surface area contributed by atoms with Crippen LogP contribution in [0.25, 0.3) is 11.3 Å². The van der Waals surface area contributed by atoms with Gasteiger partial charge < -0.3 is 14.2 Å². The predicted molar refractivity (Wildman–Crippen MR) is 109 cm³/mol. The zero-order chi connectivity index (χ0) is 20.3. The summed E-state index contributed by atoms with van der Waals surface area (Å²) in [4.78, 5) is 14.8. The summed E-state index contributed by atoms with van der Waals surface area (Å²) < 4.78 is 10.8. The van der Waals surface area contributed by atoms with Gasteiger partial charge in [0, 0.05) is 23.2 Å². The number of benzene rings is 2. The number of rotatable bonds is 6. The van der Waals surface area contributed by atoms with Crippen LogP contribution in [0.4, 0.5) is 0 Å². The van der Waals surface area contributed by atoms with Gasteiger partial charge in [-0.25, -0.2) is 0 Å². The second-order valence-corrected chi connectivity index (χ2v) is 7.24. The molecule has 0 N–H and O–H groups in total. The minimum Gasteiger partial charge on any atom is -0.497 e. The second kappa shape index (κ2) is 8.30. The van der Waals surface area contributed by atoms with Gasteiger partial charge in [-0.1, -0.05) is 23.4 Å². The number of methoxy groups -OCH3 is 1. The summed E-state index contributed by atoms with van der Waals surface area (Å²) in [6.45, 7) is 8.51. The molecule has 0 aliphatic carbocycles. The van der Waals surface area contributed by atoms with Crippen molar-refractivity contribution in [2.45, 2.75) is 40.3 Å². The van der Waals surface area contributed by atoms with E-state index in [1.165, 1.54) is 11.1 Å². The fourth-order valence-corrected chi connectivity index (χ4v) is 3.00. The predicted octanol–water partition coefficient (Wildman–Crippen LogP) is 5.02. The van der Waals surface area contributed by atoms with Gasteiger partial charge in [0.15, 0.2) is 5.76 Å². The Kier molecular flexibility index (Phi) is 5.83. The molecule has 0 aliphatic rings. The molecule has 0 aliphatic heterocycles. The molecule has 0 saturated heterocycles.